The van der Waals surface area contributed by atoms with Crippen molar-refractivity contribution in [3.8, 4) is 0 Å². The summed E-state index contributed by atoms with van der Waals surface area (Å²) in [6, 6.07) is -0.428. The fourth-order valence-corrected chi connectivity index (χ4v) is 6.52. The number of allylic oxidation sites excluding steroid dienone is 1. The average Bonchev–Trinajstić information content (AvgIpc) is 3.62. The van der Waals surface area contributed by atoms with E-state index in [0.29, 0.717) is 21.8 Å². The summed E-state index contributed by atoms with van der Waals surface area (Å²) in [7, 11) is 0. The zero-order valence-corrected chi connectivity index (χ0v) is 25.2. The summed E-state index contributed by atoms with van der Waals surface area (Å²) >= 11 is 0. The van der Waals surface area contributed by atoms with Gasteiger partial charge in [-0.2, -0.15) is 5.70 Å². The molecule has 5 heterocycles. The molecule has 3 aromatic heterocycles. The number of hydrogen-bond donors (Lipinski definition) is 2. The molecule has 6 rings (SSSR count). The first-order valence-electron chi connectivity index (χ1n) is 13.5. The van der Waals surface area contributed by atoms with E-state index in [1.165, 1.54) is 0 Å². The Kier molecular flexibility index (Phi) is 6.99. The minimum absolute atomic E-state index is 0. The molecule has 1 unspecified atom stereocenters. The van der Waals surface area contributed by atoms with Crippen LogP contribution in [0.5, 0.6) is 0 Å². The Bertz CT molecular complexity index is 1870. The molecular weight excluding hydrogens is 513 g/mol. The zero-order chi connectivity index (χ0) is 27.9. The largest absolute Gasteiger partial charge is 2.00 e. The number of rotatable bonds is 3. The Morgan fingerprint density at radius 1 is 0.975 bits per heavy atom. The van der Waals surface area contributed by atoms with Gasteiger partial charge in [-0.1, -0.05) is 85.5 Å². The molecule has 7 nitrogen and oxygen atoms in total. The van der Waals surface area contributed by atoms with E-state index in [1.807, 2.05) is 38.2 Å². The Balaban J connectivity index is 0.00000323. The summed E-state index contributed by atoms with van der Waals surface area (Å²) in [6.45, 7) is 16.3. The van der Waals surface area contributed by atoms with E-state index >= 15 is 0 Å². The molecule has 3 aromatic rings. The third-order valence-corrected chi connectivity index (χ3v) is 9.03. The first-order chi connectivity index (χ1) is 18.6. The van der Waals surface area contributed by atoms with Crippen molar-refractivity contribution < 1.29 is 15.0 Å². The third-order valence-electron chi connectivity index (χ3n) is 9.03. The number of aliphatic carboxylic acids is 1. The van der Waals surface area contributed by atoms with Gasteiger partial charge in [0.25, 0.3) is 0 Å². The molecule has 2 N–H and O–H groups in total. The van der Waals surface area contributed by atoms with Crippen molar-refractivity contribution in [2.24, 2.45) is 17.8 Å². The second-order valence-corrected chi connectivity index (χ2v) is 11.0. The summed E-state index contributed by atoms with van der Waals surface area (Å²) in [4.78, 5) is 27.4. The molecule has 1 aliphatic carbocycles. The minimum Gasteiger partial charge on any atom is -0.681 e. The Morgan fingerprint density at radius 2 is 1.65 bits per heavy atom. The molecule has 1 fully saturated rings. The fraction of sp³-hybridized carbons (Fsp3) is 0.344. The second-order valence-electron chi connectivity index (χ2n) is 11.0. The maximum Gasteiger partial charge on any atom is 2.00 e. The second kappa shape index (κ2) is 9.92. The smallest absolute Gasteiger partial charge is 0.681 e. The van der Waals surface area contributed by atoms with Crippen molar-refractivity contribution in [2.45, 2.75) is 54.0 Å². The number of carbonyl (C=O) groups is 1. The first-order valence-corrected chi connectivity index (χ1v) is 13.5. The fourth-order valence-electron chi connectivity index (χ4n) is 6.52. The number of carboxylic acids is 1. The predicted molar refractivity (Wildman–Crippen MR) is 158 cm³/mol. The van der Waals surface area contributed by atoms with Gasteiger partial charge in [-0.15, -0.1) is 33.1 Å². The van der Waals surface area contributed by atoms with Gasteiger partial charge in [-0.25, -0.2) is 0 Å². The predicted octanol–water partition coefficient (Wildman–Crippen LogP) is 1.88. The van der Waals surface area contributed by atoms with E-state index in [9.17, 15) is 15.0 Å². The molecule has 3 aliphatic rings. The standard InChI is InChI=1S/C32H32N4O3.Mg/c1-8-18-15(5)21-10-20-13(3)14(4)29(35-20)27-28(32(38)39)31(37)26-17(7)23(36-30(26)27)12-25-19(9-2)16(6)22(34-25)11-24(18)33-21;/h8,10-14,28-29,37H,1,9H2,2-7H3,(H,38,39);/q-4;+2/b20-10-,22-11-,25-12-;/t13-,14-,28+,29?;/m0./s1. The summed E-state index contributed by atoms with van der Waals surface area (Å²) < 4.78 is 0. The first kappa shape index (κ1) is 28.2. The molecule has 8 bridgehead atoms. The van der Waals surface area contributed by atoms with Gasteiger partial charge in [0, 0.05) is 5.22 Å². The number of aromatic nitrogens is 3. The molecule has 4 atom stereocenters. The Labute approximate surface area is 249 Å². The maximum absolute atomic E-state index is 12.5. The summed E-state index contributed by atoms with van der Waals surface area (Å²) in [5, 5.41) is 29.2. The van der Waals surface area contributed by atoms with Gasteiger partial charge in [0.1, 0.15) is 11.7 Å². The van der Waals surface area contributed by atoms with Crippen molar-refractivity contribution >= 4 is 64.7 Å². The quantitative estimate of drug-likeness (QED) is 0.487. The van der Waals surface area contributed by atoms with Gasteiger partial charge in [0.2, 0.25) is 0 Å². The monoisotopic (exact) mass is 544 g/mol. The molecule has 1 saturated heterocycles. The van der Waals surface area contributed by atoms with Gasteiger partial charge in [-0.05, 0) is 44.6 Å². The van der Waals surface area contributed by atoms with E-state index in [0.717, 1.165) is 62.0 Å². The summed E-state index contributed by atoms with van der Waals surface area (Å²) in [5.74, 6) is -2.34. The average molecular weight is 545 g/mol. The maximum atomic E-state index is 12.5. The molecule has 2 aliphatic heterocycles. The number of aliphatic hydroxyl groups is 1. The van der Waals surface area contributed by atoms with Crippen molar-refractivity contribution in [3.63, 3.8) is 0 Å². The van der Waals surface area contributed by atoms with Crippen LogP contribution in [0.4, 0.5) is 0 Å². The molecule has 0 spiro atoms. The van der Waals surface area contributed by atoms with Crippen LogP contribution in [0.2, 0.25) is 0 Å². The van der Waals surface area contributed by atoms with Crippen LogP contribution in [0, 0.1) is 38.5 Å². The SMILES string of the molecule is C=Cc1c2[n-]c(c1C)/C=C1\[N-]C(C3=c4[n-]c(c(C)c4=C(O)[C@@H]3C(=O)O)/C=c3\[n-]/c(c(C)c3CC)=C\2)[C@@H](C)[C@@H]1C.[Mg+2]. The van der Waals surface area contributed by atoms with Crippen molar-refractivity contribution in [2.75, 3.05) is 0 Å². The Hall–Kier alpha value is -3.36. The molecule has 0 amide bonds. The van der Waals surface area contributed by atoms with E-state index < -0.39 is 17.9 Å². The van der Waals surface area contributed by atoms with E-state index in [-0.39, 0.29) is 40.6 Å². The van der Waals surface area contributed by atoms with E-state index in [2.05, 4.69) is 34.3 Å². The third kappa shape index (κ3) is 3.87. The van der Waals surface area contributed by atoms with Crippen molar-refractivity contribution in [1.82, 2.24) is 15.0 Å². The van der Waals surface area contributed by atoms with Crippen molar-refractivity contribution in [1.29, 1.82) is 0 Å². The minimum atomic E-state index is -1.17. The molecule has 8 heteroatoms. The van der Waals surface area contributed by atoms with Crippen molar-refractivity contribution in [3.05, 3.63) is 83.8 Å². The van der Waals surface area contributed by atoms with Crippen LogP contribution in [-0.4, -0.2) is 45.3 Å². The van der Waals surface area contributed by atoms with Crippen LogP contribution in [0.25, 0.3) is 41.0 Å². The van der Waals surface area contributed by atoms with Gasteiger partial charge >= 0.3 is 29.0 Å². The van der Waals surface area contributed by atoms with E-state index in [1.54, 1.807) is 0 Å². The van der Waals surface area contributed by atoms with Gasteiger partial charge in [0.05, 0.1) is 0 Å². The molecule has 40 heavy (non-hydrogen) atoms. The van der Waals surface area contributed by atoms with Gasteiger partial charge in [0.15, 0.2) is 0 Å². The van der Waals surface area contributed by atoms with Crippen LogP contribution in [0.15, 0.2) is 12.3 Å². The van der Waals surface area contributed by atoms with Gasteiger partial charge in [-0.3, -0.25) is 4.79 Å². The normalized spacial score (nSPS) is 25.7. The molecule has 0 radical (unpaired) electrons. The van der Waals surface area contributed by atoms with E-state index in [4.69, 9.17) is 20.3 Å². The summed E-state index contributed by atoms with van der Waals surface area (Å²) in [6.07, 6.45) is 8.62. The number of fused-ring (bicyclic) bond motifs is 8. The molecule has 0 saturated carbocycles. The number of carboxylic acid groups (broad SMARTS) is 1. The van der Waals surface area contributed by atoms with Crippen LogP contribution in [0.3, 0.4) is 0 Å². The molecule has 202 valence electrons. The van der Waals surface area contributed by atoms with Crippen LogP contribution >= 0.6 is 0 Å². The van der Waals surface area contributed by atoms with Crippen LogP contribution in [0.1, 0.15) is 65.7 Å². The number of nitrogens with zero attached hydrogens (tertiary/aromatic N) is 4. The topological polar surface area (TPSA) is 114 Å². The number of aliphatic hydroxyl groups excluding tert-OH is 1. The number of hydrogen-bond acceptors (Lipinski definition) is 2. The van der Waals surface area contributed by atoms with Gasteiger partial charge < -0.3 is 30.5 Å². The van der Waals surface area contributed by atoms with Crippen LogP contribution < -0.4 is 36.2 Å². The molecular formula is C32H32MgN4O3-2. The van der Waals surface area contributed by atoms with Crippen LogP contribution in [-0.2, 0) is 11.2 Å². The molecule has 0 aromatic carbocycles. The Morgan fingerprint density at radius 3 is 2.30 bits per heavy atom. The zero-order valence-electron chi connectivity index (χ0n) is 23.8. The summed E-state index contributed by atoms with van der Waals surface area (Å²) in [5.41, 5.74) is 8.68.